The van der Waals surface area contributed by atoms with E-state index >= 15 is 0 Å². The quantitative estimate of drug-likeness (QED) is 0.864. The van der Waals surface area contributed by atoms with E-state index in [9.17, 15) is 5.11 Å². The first kappa shape index (κ1) is 13.6. The molecule has 1 aliphatic rings. The maximum Gasteiger partial charge on any atom is 0.0505 e. The zero-order valence-electron chi connectivity index (χ0n) is 12.0. The fraction of sp³-hybridized carbons (Fsp3) is 0.625. The Kier molecular flexibility index (Phi) is 3.79. The Morgan fingerprint density at radius 1 is 1.11 bits per heavy atom. The van der Waals surface area contributed by atoms with E-state index in [0.717, 1.165) is 12.8 Å². The predicted octanol–water partition coefficient (Wildman–Crippen LogP) is 3.19. The summed E-state index contributed by atoms with van der Waals surface area (Å²) in [5, 5.41) is 9.65. The van der Waals surface area contributed by atoms with Crippen molar-refractivity contribution < 1.29 is 5.11 Å². The highest BCUT2D eigenvalue weighted by Crippen LogP contribution is 2.56. The summed E-state index contributed by atoms with van der Waals surface area (Å²) >= 11 is 0. The topological polar surface area (TPSA) is 23.5 Å². The number of aliphatic hydroxyl groups is 1. The fourth-order valence-electron chi connectivity index (χ4n) is 2.94. The molecule has 0 aliphatic heterocycles. The summed E-state index contributed by atoms with van der Waals surface area (Å²) in [7, 11) is 4.22. The highest BCUT2D eigenvalue weighted by Gasteiger charge is 2.50. The molecule has 0 amide bonds. The van der Waals surface area contributed by atoms with Gasteiger partial charge in [-0.05, 0) is 44.0 Å². The molecule has 1 N–H and O–H groups in total. The maximum atomic E-state index is 9.65. The van der Waals surface area contributed by atoms with Crippen LogP contribution in [0, 0.1) is 5.41 Å². The largest absolute Gasteiger partial charge is 0.396 e. The van der Waals surface area contributed by atoms with Crippen LogP contribution in [0.25, 0.3) is 0 Å². The van der Waals surface area contributed by atoms with Gasteiger partial charge in [-0.25, -0.2) is 0 Å². The highest BCUT2D eigenvalue weighted by atomic mass is 16.3. The number of rotatable bonds is 5. The molecule has 2 heteroatoms. The van der Waals surface area contributed by atoms with Crippen molar-refractivity contribution in [1.82, 2.24) is 4.90 Å². The van der Waals surface area contributed by atoms with Crippen LogP contribution in [0.2, 0.25) is 0 Å². The molecule has 0 radical (unpaired) electrons. The summed E-state index contributed by atoms with van der Waals surface area (Å²) in [6, 6.07) is 9.25. The third-order valence-electron chi connectivity index (χ3n) is 4.22. The van der Waals surface area contributed by atoms with E-state index < -0.39 is 0 Å². The van der Waals surface area contributed by atoms with Crippen LogP contribution in [0.15, 0.2) is 24.3 Å². The van der Waals surface area contributed by atoms with Gasteiger partial charge < -0.3 is 10.0 Å². The van der Waals surface area contributed by atoms with Crippen LogP contribution < -0.4 is 0 Å². The monoisotopic (exact) mass is 247 g/mol. The summed E-state index contributed by atoms with van der Waals surface area (Å²) in [5.41, 5.74) is 2.81. The first-order chi connectivity index (χ1) is 8.50. The molecule has 2 nitrogen and oxygen atoms in total. The van der Waals surface area contributed by atoms with Crippen molar-refractivity contribution >= 4 is 0 Å². The molecule has 18 heavy (non-hydrogen) atoms. The van der Waals surface area contributed by atoms with E-state index in [1.165, 1.54) is 11.1 Å². The van der Waals surface area contributed by atoms with Crippen LogP contribution in [0.1, 0.15) is 49.8 Å². The summed E-state index contributed by atoms with van der Waals surface area (Å²) in [5.74, 6) is 0.574. The SMILES string of the molecule is CC(C)c1ccc(C(N(C)C)C2(CO)CC2)cc1. The molecule has 0 heterocycles. The summed E-state index contributed by atoms with van der Waals surface area (Å²) in [4.78, 5) is 2.24. The molecule has 1 aromatic rings. The summed E-state index contributed by atoms with van der Waals surface area (Å²) < 4.78 is 0. The van der Waals surface area contributed by atoms with E-state index in [1.807, 2.05) is 0 Å². The van der Waals surface area contributed by atoms with E-state index in [4.69, 9.17) is 0 Å². The van der Waals surface area contributed by atoms with E-state index in [0.29, 0.717) is 18.6 Å². The number of aliphatic hydroxyl groups excluding tert-OH is 1. The molecule has 1 fully saturated rings. The Bertz CT molecular complexity index is 390. The molecule has 1 saturated carbocycles. The number of nitrogens with zero attached hydrogens (tertiary/aromatic N) is 1. The van der Waals surface area contributed by atoms with Gasteiger partial charge in [0.25, 0.3) is 0 Å². The van der Waals surface area contributed by atoms with E-state index in [-0.39, 0.29) is 5.41 Å². The van der Waals surface area contributed by atoms with Gasteiger partial charge >= 0.3 is 0 Å². The van der Waals surface area contributed by atoms with Crippen molar-refractivity contribution in [2.24, 2.45) is 5.41 Å². The van der Waals surface area contributed by atoms with E-state index in [1.54, 1.807) is 0 Å². The van der Waals surface area contributed by atoms with E-state index in [2.05, 4.69) is 57.1 Å². The highest BCUT2D eigenvalue weighted by molar-refractivity contribution is 5.29. The Balaban J connectivity index is 2.27. The van der Waals surface area contributed by atoms with Gasteiger partial charge in [0.05, 0.1) is 6.61 Å². The Labute approximate surface area is 111 Å². The smallest absolute Gasteiger partial charge is 0.0505 e. The number of benzene rings is 1. The molecule has 0 bridgehead atoms. The Hall–Kier alpha value is -0.860. The van der Waals surface area contributed by atoms with Gasteiger partial charge in [0, 0.05) is 11.5 Å². The molecule has 0 aromatic heterocycles. The van der Waals surface area contributed by atoms with Crippen molar-refractivity contribution in [3.63, 3.8) is 0 Å². The molecule has 0 spiro atoms. The second-order valence-corrected chi connectivity index (χ2v) is 6.21. The fourth-order valence-corrected chi connectivity index (χ4v) is 2.94. The standard InChI is InChI=1S/C16H25NO/c1-12(2)13-5-7-14(8-6-13)15(17(3)4)16(11-18)9-10-16/h5-8,12,15,18H,9-11H2,1-4H3. The van der Waals surface area contributed by atoms with Crippen LogP contribution in [0.3, 0.4) is 0 Å². The minimum Gasteiger partial charge on any atom is -0.396 e. The van der Waals surface area contributed by atoms with Gasteiger partial charge in [-0.1, -0.05) is 38.1 Å². The van der Waals surface area contributed by atoms with Crippen LogP contribution in [-0.4, -0.2) is 30.7 Å². The lowest BCUT2D eigenvalue weighted by Gasteiger charge is -2.32. The molecule has 1 aliphatic carbocycles. The zero-order valence-corrected chi connectivity index (χ0v) is 12.0. The Morgan fingerprint density at radius 2 is 1.61 bits per heavy atom. The Morgan fingerprint density at radius 3 is 1.94 bits per heavy atom. The lowest BCUT2D eigenvalue weighted by Crippen LogP contribution is -2.30. The third-order valence-corrected chi connectivity index (χ3v) is 4.22. The van der Waals surface area contributed by atoms with Gasteiger partial charge in [-0.15, -0.1) is 0 Å². The first-order valence-electron chi connectivity index (χ1n) is 6.87. The van der Waals surface area contributed by atoms with Crippen LogP contribution in [0.5, 0.6) is 0 Å². The van der Waals surface area contributed by atoms with Gasteiger partial charge in [-0.2, -0.15) is 0 Å². The summed E-state index contributed by atoms with van der Waals surface area (Å²) in [6.07, 6.45) is 2.27. The average molecular weight is 247 g/mol. The molecule has 1 unspecified atom stereocenters. The molecule has 0 saturated heterocycles. The average Bonchev–Trinajstić information content (AvgIpc) is 3.10. The van der Waals surface area contributed by atoms with Crippen LogP contribution >= 0.6 is 0 Å². The first-order valence-corrected chi connectivity index (χ1v) is 6.87. The lowest BCUT2D eigenvalue weighted by atomic mass is 9.88. The zero-order chi connectivity index (χ0) is 13.3. The second kappa shape index (κ2) is 5.02. The molecular formula is C16H25NO. The molecular weight excluding hydrogens is 222 g/mol. The predicted molar refractivity (Wildman–Crippen MR) is 75.7 cm³/mol. The number of hydrogen-bond donors (Lipinski definition) is 1. The summed E-state index contributed by atoms with van der Waals surface area (Å²) in [6.45, 7) is 4.73. The minimum absolute atomic E-state index is 0.100. The number of hydrogen-bond acceptors (Lipinski definition) is 2. The maximum absolute atomic E-state index is 9.65. The van der Waals surface area contributed by atoms with Gasteiger partial charge in [0.2, 0.25) is 0 Å². The molecule has 1 aromatic carbocycles. The van der Waals surface area contributed by atoms with Crippen molar-refractivity contribution in [3.8, 4) is 0 Å². The molecule has 1 atom stereocenters. The van der Waals surface area contributed by atoms with Gasteiger partial charge in [0.1, 0.15) is 0 Å². The normalized spacial score (nSPS) is 19.3. The van der Waals surface area contributed by atoms with Crippen molar-refractivity contribution in [3.05, 3.63) is 35.4 Å². The van der Waals surface area contributed by atoms with Crippen LogP contribution in [0.4, 0.5) is 0 Å². The second-order valence-electron chi connectivity index (χ2n) is 6.21. The molecule has 2 rings (SSSR count). The van der Waals surface area contributed by atoms with Crippen molar-refractivity contribution in [2.75, 3.05) is 20.7 Å². The van der Waals surface area contributed by atoms with Crippen molar-refractivity contribution in [1.29, 1.82) is 0 Å². The van der Waals surface area contributed by atoms with Gasteiger partial charge in [0.15, 0.2) is 0 Å². The molecule has 100 valence electrons. The van der Waals surface area contributed by atoms with Gasteiger partial charge in [-0.3, -0.25) is 0 Å². The lowest BCUT2D eigenvalue weighted by molar-refractivity contribution is 0.115. The minimum atomic E-state index is 0.100. The van der Waals surface area contributed by atoms with Crippen molar-refractivity contribution in [2.45, 2.75) is 38.6 Å². The third kappa shape index (κ3) is 2.45. The van der Waals surface area contributed by atoms with Crippen LogP contribution in [-0.2, 0) is 0 Å².